The molecule has 4 rings (SSSR count). The number of amides is 2. The van der Waals surface area contributed by atoms with Crippen molar-refractivity contribution in [3.05, 3.63) is 125 Å². The van der Waals surface area contributed by atoms with E-state index in [1.807, 2.05) is 66.7 Å². The summed E-state index contributed by atoms with van der Waals surface area (Å²) in [5.74, 6) is -0.255. The van der Waals surface area contributed by atoms with E-state index in [9.17, 15) is 14.4 Å². The zero-order chi connectivity index (χ0) is 28.3. The Bertz CT molecular complexity index is 1440. The van der Waals surface area contributed by atoms with Crippen LogP contribution in [0.3, 0.4) is 0 Å². The van der Waals surface area contributed by atoms with Crippen molar-refractivity contribution in [2.45, 2.75) is 32.6 Å². The molecule has 0 bridgehead atoms. The third-order valence-electron chi connectivity index (χ3n) is 5.95. The fraction of sp³-hybridized carbons (Fsp3) is 0.156. The topological polar surface area (TPSA) is 117 Å². The van der Waals surface area contributed by atoms with Gasteiger partial charge in [-0.05, 0) is 53.1 Å². The minimum absolute atomic E-state index is 0.146. The van der Waals surface area contributed by atoms with Crippen LogP contribution in [0.15, 0.2) is 103 Å². The Morgan fingerprint density at radius 1 is 0.725 bits per heavy atom. The number of nitrogens with two attached hydrogens (primary N) is 1. The molecule has 4 aromatic carbocycles. The highest BCUT2D eigenvalue weighted by atomic mass is 16.5. The average Bonchev–Trinajstić information content (AvgIpc) is 2.96. The van der Waals surface area contributed by atoms with E-state index in [-0.39, 0.29) is 6.42 Å². The van der Waals surface area contributed by atoms with E-state index in [4.69, 9.17) is 19.9 Å². The monoisotopic (exact) mass is 538 g/mol. The number of nitrogens with one attached hydrogen (secondary N) is 1. The molecule has 0 saturated heterocycles. The summed E-state index contributed by atoms with van der Waals surface area (Å²) in [5.41, 5.74) is 8.66. The van der Waals surface area contributed by atoms with E-state index in [0.717, 1.165) is 16.7 Å². The van der Waals surface area contributed by atoms with Gasteiger partial charge in [-0.3, -0.25) is 14.4 Å². The minimum atomic E-state index is -0.973. The lowest BCUT2D eigenvalue weighted by molar-refractivity contribution is -0.131. The fourth-order valence-corrected chi connectivity index (χ4v) is 3.92. The molecule has 3 N–H and O–H groups in total. The number of rotatable bonds is 12. The van der Waals surface area contributed by atoms with Crippen molar-refractivity contribution in [1.29, 1.82) is 0 Å². The minimum Gasteiger partial charge on any atom is -0.485 e. The average molecular weight is 539 g/mol. The van der Waals surface area contributed by atoms with Crippen LogP contribution in [0.25, 0.3) is 0 Å². The molecule has 4 aromatic rings. The van der Waals surface area contributed by atoms with E-state index >= 15 is 0 Å². The zero-order valence-electron chi connectivity index (χ0n) is 22.0. The number of hydrogen-bond acceptors (Lipinski definition) is 6. The molecule has 8 heteroatoms. The molecule has 0 aliphatic rings. The third-order valence-corrected chi connectivity index (χ3v) is 5.95. The van der Waals surface area contributed by atoms with E-state index in [0.29, 0.717) is 36.0 Å². The van der Waals surface area contributed by atoms with Crippen molar-refractivity contribution < 1.29 is 28.6 Å². The first-order chi connectivity index (χ1) is 19.4. The first-order valence-electron chi connectivity index (χ1n) is 12.7. The summed E-state index contributed by atoms with van der Waals surface area (Å²) in [6.45, 7) is 1.97. The maximum Gasteiger partial charge on any atom is 0.308 e. The Labute approximate surface area is 232 Å². The normalized spacial score (nSPS) is 11.2. The van der Waals surface area contributed by atoms with Gasteiger partial charge < -0.3 is 25.3 Å². The van der Waals surface area contributed by atoms with Crippen molar-refractivity contribution >= 4 is 17.8 Å². The number of carbonyl (C=O) groups is 3. The molecule has 0 fully saturated rings. The van der Waals surface area contributed by atoms with Gasteiger partial charge in [0.25, 0.3) is 5.91 Å². The van der Waals surface area contributed by atoms with Crippen LogP contribution in [0.4, 0.5) is 0 Å². The van der Waals surface area contributed by atoms with E-state index < -0.39 is 23.8 Å². The van der Waals surface area contributed by atoms with Gasteiger partial charge in [0.05, 0.1) is 0 Å². The molecular weight excluding hydrogens is 508 g/mol. The molecule has 0 saturated carbocycles. The number of ether oxygens (including phenoxy) is 3. The molecule has 2 amide bonds. The van der Waals surface area contributed by atoms with Crippen LogP contribution < -0.4 is 25.3 Å². The van der Waals surface area contributed by atoms with Gasteiger partial charge in [-0.1, -0.05) is 66.7 Å². The second-order valence-corrected chi connectivity index (χ2v) is 9.08. The predicted molar refractivity (Wildman–Crippen MR) is 150 cm³/mol. The molecule has 0 aromatic heterocycles. The maximum atomic E-state index is 12.8. The Kier molecular flexibility index (Phi) is 9.50. The van der Waals surface area contributed by atoms with Gasteiger partial charge >= 0.3 is 5.97 Å². The molecule has 0 aliphatic carbocycles. The Morgan fingerprint density at radius 3 is 1.85 bits per heavy atom. The lowest BCUT2D eigenvalue weighted by atomic mass is 10.0. The molecule has 8 nitrogen and oxygen atoms in total. The highest BCUT2D eigenvalue weighted by molar-refractivity contribution is 5.97. The van der Waals surface area contributed by atoms with Gasteiger partial charge in [-0.2, -0.15) is 0 Å². The summed E-state index contributed by atoms with van der Waals surface area (Å²) in [6.07, 6.45) is 0.146. The molecule has 0 spiro atoms. The number of carbonyl (C=O) groups excluding carboxylic acids is 3. The summed E-state index contributed by atoms with van der Waals surface area (Å²) in [7, 11) is 0. The summed E-state index contributed by atoms with van der Waals surface area (Å²) >= 11 is 0. The van der Waals surface area contributed by atoms with Gasteiger partial charge in [0.1, 0.15) is 25.0 Å². The van der Waals surface area contributed by atoms with Gasteiger partial charge in [0.2, 0.25) is 5.91 Å². The number of hydrogen-bond donors (Lipinski definition) is 2. The van der Waals surface area contributed by atoms with Crippen molar-refractivity contribution in [3.63, 3.8) is 0 Å². The summed E-state index contributed by atoms with van der Waals surface area (Å²) < 4.78 is 17.2. The standard InChI is InChI=1S/C32H30N2O6/c1-22(35)40-27-15-13-26(14-16-27)32(37)34-28(31(33)36)18-25-12-17-29(38-20-23-8-4-2-5-9-23)30(19-25)39-21-24-10-6-3-7-11-24/h2-17,19,28H,18,20-21H2,1H3,(H2,33,36)(H,34,37)/t28-/m1/s1. The van der Waals surface area contributed by atoms with Crippen LogP contribution in [0.1, 0.15) is 34.0 Å². The lowest BCUT2D eigenvalue weighted by Crippen LogP contribution is -2.45. The van der Waals surface area contributed by atoms with Crippen LogP contribution in [0, 0.1) is 0 Å². The van der Waals surface area contributed by atoms with Crippen LogP contribution >= 0.6 is 0 Å². The van der Waals surface area contributed by atoms with Gasteiger partial charge in [0, 0.05) is 18.9 Å². The molecule has 1 atom stereocenters. The molecule has 204 valence electrons. The molecule has 0 aliphatic heterocycles. The highest BCUT2D eigenvalue weighted by Crippen LogP contribution is 2.30. The molecular formula is C32H30N2O6. The lowest BCUT2D eigenvalue weighted by Gasteiger charge is -2.18. The Morgan fingerprint density at radius 2 is 1.30 bits per heavy atom. The second kappa shape index (κ2) is 13.6. The summed E-state index contributed by atoms with van der Waals surface area (Å²) in [6, 6.07) is 29.9. The van der Waals surface area contributed by atoms with Crippen LogP contribution in [0.2, 0.25) is 0 Å². The summed E-state index contributed by atoms with van der Waals surface area (Å²) in [5, 5.41) is 2.69. The molecule has 40 heavy (non-hydrogen) atoms. The van der Waals surface area contributed by atoms with Gasteiger partial charge in [0.15, 0.2) is 11.5 Å². The highest BCUT2D eigenvalue weighted by Gasteiger charge is 2.21. The Balaban J connectivity index is 1.49. The first-order valence-corrected chi connectivity index (χ1v) is 12.7. The first kappa shape index (κ1) is 27.9. The van der Waals surface area contributed by atoms with Crippen LogP contribution in [0.5, 0.6) is 17.2 Å². The molecule has 0 unspecified atom stereocenters. The molecule has 0 heterocycles. The van der Waals surface area contributed by atoms with Crippen molar-refractivity contribution in [1.82, 2.24) is 5.32 Å². The van der Waals surface area contributed by atoms with Crippen molar-refractivity contribution in [2.75, 3.05) is 0 Å². The number of benzene rings is 4. The zero-order valence-corrected chi connectivity index (χ0v) is 22.0. The maximum absolute atomic E-state index is 12.8. The molecule has 0 radical (unpaired) electrons. The number of esters is 1. The second-order valence-electron chi connectivity index (χ2n) is 9.08. The fourth-order valence-electron chi connectivity index (χ4n) is 3.92. The van der Waals surface area contributed by atoms with E-state index in [1.165, 1.54) is 31.2 Å². The van der Waals surface area contributed by atoms with Gasteiger partial charge in [-0.25, -0.2) is 0 Å². The third kappa shape index (κ3) is 8.19. The largest absolute Gasteiger partial charge is 0.485 e. The summed E-state index contributed by atoms with van der Waals surface area (Å²) in [4.78, 5) is 36.2. The van der Waals surface area contributed by atoms with E-state index in [1.54, 1.807) is 12.1 Å². The van der Waals surface area contributed by atoms with Crippen molar-refractivity contribution in [2.24, 2.45) is 5.73 Å². The SMILES string of the molecule is CC(=O)Oc1ccc(C(=O)N[C@H](Cc2ccc(OCc3ccccc3)c(OCc3ccccc3)c2)C(N)=O)cc1. The van der Waals surface area contributed by atoms with E-state index in [2.05, 4.69) is 5.32 Å². The smallest absolute Gasteiger partial charge is 0.308 e. The van der Waals surface area contributed by atoms with Crippen molar-refractivity contribution in [3.8, 4) is 17.2 Å². The quantitative estimate of drug-likeness (QED) is 0.201. The Hall–Kier alpha value is -5.11. The predicted octanol–water partition coefficient (Wildman–Crippen LogP) is 4.60. The van der Waals surface area contributed by atoms with Crippen LogP contribution in [-0.4, -0.2) is 23.8 Å². The van der Waals surface area contributed by atoms with Crippen LogP contribution in [-0.2, 0) is 29.2 Å². The van der Waals surface area contributed by atoms with Gasteiger partial charge in [-0.15, -0.1) is 0 Å². The number of primary amides is 1.